The van der Waals surface area contributed by atoms with Crippen LogP contribution in [-0.4, -0.2) is 47.4 Å². The molecule has 322 valence electrons. The van der Waals surface area contributed by atoms with Crippen molar-refractivity contribution in [2.24, 2.45) is 0 Å². The highest BCUT2D eigenvalue weighted by molar-refractivity contribution is 6.07. The number of aryl methyl sites for hydroxylation is 1. The first kappa shape index (κ1) is 43.6. The second-order valence-electron chi connectivity index (χ2n) is 14.4. The van der Waals surface area contributed by atoms with Gasteiger partial charge in [0.2, 0.25) is 0 Å². The van der Waals surface area contributed by atoms with Crippen molar-refractivity contribution in [3.8, 4) is 11.1 Å². The molecule has 15 heteroatoms. The van der Waals surface area contributed by atoms with Gasteiger partial charge in [-0.25, -0.2) is 24.0 Å². The third-order valence-electron chi connectivity index (χ3n) is 9.96. The standard InChI is InChI=1S/C49H42N6O9/c1-29-24-33(19-22-40(29)52-49(62)53-41-16-7-5-14-37(41)44(56)57)34-20-23-43(39(27-34)45(58)63-2)55-47(60)50-35-13-9-10-30(25-35)28-64-46(59)38-15-6-8-17-42(38)54-48(61)51-36-21-18-31-11-3-4-12-32(31)26-36/h3-27,45,58H,28H2,1-2H3,(H,56,57)(H2,50,55,60)(H2,51,54,61)(H2,52,53,62). The molecule has 7 aromatic rings. The molecule has 0 radical (unpaired) electrons. The van der Waals surface area contributed by atoms with Crippen molar-refractivity contribution < 1.29 is 43.7 Å². The SMILES string of the molecule is COC(O)c1cc(-c2ccc(NC(=O)Nc3ccccc3C(=O)O)c(C)c2)ccc1NC(=O)Nc1cccc(COC(=O)c2ccccc2NC(=O)Nc2ccc3ccccc3c2)c1. The Morgan fingerprint density at radius 1 is 0.531 bits per heavy atom. The van der Waals surface area contributed by atoms with Crippen LogP contribution in [0, 0.1) is 6.92 Å². The van der Waals surface area contributed by atoms with E-state index in [0.29, 0.717) is 33.8 Å². The topological polar surface area (TPSA) is 216 Å². The van der Waals surface area contributed by atoms with Gasteiger partial charge >= 0.3 is 30.0 Å². The van der Waals surface area contributed by atoms with E-state index in [0.717, 1.165) is 16.3 Å². The van der Waals surface area contributed by atoms with Crippen LogP contribution in [0.1, 0.15) is 43.7 Å². The molecule has 0 spiro atoms. The quantitative estimate of drug-likeness (QED) is 0.0408. The number of aliphatic hydroxyl groups is 1. The highest BCUT2D eigenvalue weighted by atomic mass is 16.6. The number of hydrogen-bond acceptors (Lipinski definition) is 8. The van der Waals surface area contributed by atoms with Gasteiger partial charge in [0, 0.05) is 29.7 Å². The summed E-state index contributed by atoms with van der Waals surface area (Å²) in [6.45, 7) is 1.66. The molecule has 0 bridgehead atoms. The van der Waals surface area contributed by atoms with E-state index in [9.17, 15) is 34.2 Å². The molecule has 6 amide bonds. The highest BCUT2D eigenvalue weighted by Gasteiger charge is 2.19. The Hall–Kier alpha value is -8.53. The lowest BCUT2D eigenvalue weighted by molar-refractivity contribution is -0.0763. The fourth-order valence-corrected chi connectivity index (χ4v) is 6.80. The Labute approximate surface area is 367 Å². The minimum atomic E-state index is -1.40. The number of hydrogen-bond donors (Lipinski definition) is 8. The Morgan fingerprint density at radius 2 is 1.09 bits per heavy atom. The Morgan fingerprint density at radius 3 is 1.78 bits per heavy atom. The van der Waals surface area contributed by atoms with Crippen molar-refractivity contribution in [1.29, 1.82) is 0 Å². The largest absolute Gasteiger partial charge is 0.478 e. The van der Waals surface area contributed by atoms with Crippen LogP contribution in [0.15, 0.2) is 152 Å². The summed E-state index contributed by atoms with van der Waals surface area (Å²) in [4.78, 5) is 63.7. The molecule has 0 saturated heterocycles. The molecule has 1 unspecified atom stereocenters. The van der Waals surface area contributed by atoms with E-state index in [-0.39, 0.29) is 40.4 Å². The van der Waals surface area contributed by atoms with E-state index < -0.39 is 36.3 Å². The number of nitrogens with one attached hydrogen (secondary N) is 6. The molecule has 8 N–H and O–H groups in total. The van der Waals surface area contributed by atoms with Crippen molar-refractivity contribution in [3.63, 3.8) is 0 Å². The van der Waals surface area contributed by atoms with Gasteiger partial charge in [-0.1, -0.05) is 78.9 Å². The van der Waals surface area contributed by atoms with Crippen LogP contribution in [-0.2, 0) is 16.1 Å². The summed E-state index contributed by atoms with van der Waals surface area (Å²) in [6.07, 6.45) is -1.40. The number of carboxylic acids is 1. The van der Waals surface area contributed by atoms with Gasteiger partial charge in [-0.3, -0.25) is 0 Å². The summed E-state index contributed by atoms with van der Waals surface area (Å²) in [5, 5.41) is 38.6. The fraction of sp³-hybridized carbons (Fsp3) is 0.0816. The first-order valence-electron chi connectivity index (χ1n) is 19.8. The number of methoxy groups -OCH3 is 1. The lowest BCUT2D eigenvalue weighted by Gasteiger charge is -2.18. The Kier molecular flexibility index (Phi) is 13.5. The number of amides is 6. The van der Waals surface area contributed by atoms with Gasteiger partial charge in [-0.15, -0.1) is 0 Å². The number of fused-ring (bicyclic) bond motifs is 1. The van der Waals surface area contributed by atoms with Crippen LogP contribution >= 0.6 is 0 Å². The third kappa shape index (κ3) is 10.9. The molecule has 0 saturated carbocycles. The zero-order chi connectivity index (χ0) is 45.2. The smallest absolute Gasteiger partial charge is 0.340 e. The molecule has 0 aromatic heterocycles. The molecular formula is C49H42N6O9. The first-order valence-corrected chi connectivity index (χ1v) is 19.8. The number of benzene rings is 7. The zero-order valence-corrected chi connectivity index (χ0v) is 34.5. The molecule has 0 aliphatic heterocycles. The molecule has 0 aliphatic rings. The number of aliphatic hydroxyl groups excluding tert-OH is 1. The van der Waals surface area contributed by atoms with E-state index in [1.165, 1.54) is 19.2 Å². The van der Waals surface area contributed by atoms with Crippen LogP contribution in [0.4, 0.5) is 48.5 Å². The van der Waals surface area contributed by atoms with Crippen molar-refractivity contribution in [1.82, 2.24) is 0 Å². The number of para-hydroxylation sites is 2. The van der Waals surface area contributed by atoms with Gasteiger partial charge in [-0.2, -0.15) is 0 Å². The van der Waals surface area contributed by atoms with Crippen LogP contribution in [0.3, 0.4) is 0 Å². The summed E-state index contributed by atoms with van der Waals surface area (Å²) in [5.41, 5.74) is 5.21. The normalized spacial score (nSPS) is 11.2. The predicted molar refractivity (Wildman–Crippen MR) is 246 cm³/mol. The molecule has 0 fully saturated rings. The molecule has 1 atom stereocenters. The zero-order valence-electron chi connectivity index (χ0n) is 34.5. The Balaban J connectivity index is 0.954. The predicted octanol–water partition coefficient (Wildman–Crippen LogP) is 10.4. The number of rotatable bonds is 13. The molecule has 7 rings (SSSR count). The number of urea groups is 3. The highest BCUT2D eigenvalue weighted by Crippen LogP contribution is 2.32. The summed E-state index contributed by atoms with van der Waals surface area (Å²) in [7, 11) is 1.32. The van der Waals surface area contributed by atoms with E-state index >= 15 is 0 Å². The number of esters is 1. The van der Waals surface area contributed by atoms with Crippen LogP contribution in [0.25, 0.3) is 21.9 Å². The summed E-state index contributed by atoms with van der Waals surface area (Å²) in [6, 6.07) is 41.1. The minimum Gasteiger partial charge on any atom is -0.478 e. The van der Waals surface area contributed by atoms with E-state index in [2.05, 4.69) is 31.9 Å². The van der Waals surface area contributed by atoms with Gasteiger partial charge in [0.05, 0.1) is 28.2 Å². The first-order chi connectivity index (χ1) is 30.9. The molecule has 7 aromatic carbocycles. The monoisotopic (exact) mass is 858 g/mol. The van der Waals surface area contributed by atoms with Crippen molar-refractivity contribution >= 4 is 74.9 Å². The van der Waals surface area contributed by atoms with E-state index in [1.54, 1.807) is 104 Å². The summed E-state index contributed by atoms with van der Waals surface area (Å²) >= 11 is 0. The van der Waals surface area contributed by atoms with Gasteiger partial charge in [0.25, 0.3) is 0 Å². The van der Waals surface area contributed by atoms with E-state index in [4.69, 9.17) is 9.47 Å². The van der Waals surface area contributed by atoms with Crippen molar-refractivity contribution in [2.75, 3.05) is 39.0 Å². The fourth-order valence-electron chi connectivity index (χ4n) is 6.80. The second-order valence-corrected chi connectivity index (χ2v) is 14.4. The molecule has 64 heavy (non-hydrogen) atoms. The average Bonchev–Trinajstić information content (AvgIpc) is 3.29. The maximum atomic E-state index is 13.3. The van der Waals surface area contributed by atoms with Crippen LogP contribution in [0.5, 0.6) is 0 Å². The van der Waals surface area contributed by atoms with Crippen molar-refractivity contribution in [2.45, 2.75) is 19.8 Å². The number of anilines is 6. The maximum absolute atomic E-state index is 13.3. The van der Waals surface area contributed by atoms with Crippen molar-refractivity contribution in [3.05, 3.63) is 179 Å². The maximum Gasteiger partial charge on any atom is 0.340 e. The van der Waals surface area contributed by atoms with Crippen LogP contribution < -0.4 is 31.9 Å². The second kappa shape index (κ2) is 19.9. The lowest BCUT2D eigenvalue weighted by atomic mass is 9.99. The molecular weight excluding hydrogens is 817 g/mol. The summed E-state index contributed by atoms with van der Waals surface area (Å²) in [5.74, 6) is -1.84. The number of ether oxygens (including phenoxy) is 2. The van der Waals surface area contributed by atoms with Gasteiger partial charge in [-0.05, 0) is 113 Å². The number of carboxylic acid groups (broad SMARTS) is 1. The van der Waals surface area contributed by atoms with Crippen LogP contribution in [0.2, 0.25) is 0 Å². The Bertz CT molecular complexity index is 2900. The lowest BCUT2D eigenvalue weighted by Crippen LogP contribution is -2.21. The number of carbonyl (C=O) groups is 5. The van der Waals surface area contributed by atoms with Gasteiger partial charge in [0.1, 0.15) is 6.61 Å². The molecule has 0 aliphatic carbocycles. The minimum absolute atomic E-state index is 0.0465. The average molecular weight is 859 g/mol. The number of carbonyl (C=O) groups excluding carboxylic acids is 4. The summed E-state index contributed by atoms with van der Waals surface area (Å²) < 4.78 is 10.8. The van der Waals surface area contributed by atoms with Gasteiger partial charge in [0.15, 0.2) is 6.29 Å². The third-order valence-corrected chi connectivity index (χ3v) is 9.96. The number of aromatic carboxylic acids is 1. The van der Waals surface area contributed by atoms with E-state index in [1.807, 2.05) is 42.5 Å². The molecule has 0 heterocycles. The van der Waals surface area contributed by atoms with Gasteiger partial charge < -0.3 is 51.6 Å². The molecule has 15 nitrogen and oxygen atoms in total.